The molecular weight excluding hydrogens is 368 g/mol. The molecule has 3 aromatic rings. The lowest BCUT2D eigenvalue weighted by molar-refractivity contribution is -0.115. The topological polar surface area (TPSA) is 32.3 Å². The molecule has 30 heavy (non-hydrogen) atoms. The Morgan fingerprint density at radius 2 is 1.50 bits per heavy atom. The number of nitrogens with one attached hydrogen (secondary N) is 1. The van der Waals surface area contributed by atoms with Gasteiger partial charge < -0.3 is 5.32 Å². The van der Waals surface area contributed by atoms with Crippen LogP contribution in [0.15, 0.2) is 84.9 Å². The predicted octanol–water partition coefficient (Wildman–Crippen LogP) is 5.14. The van der Waals surface area contributed by atoms with Crippen molar-refractivity contribution in [3.05, 3.63) is 107 Å². The number of carbonyl (C=O) groups is 1. The van der Waals surface area contributed by atoms with Crippen LogP contribution >= 0.6 is 0 Å². The molecule has 152 valence electrons. The van der Waals surface area contributed by atoms with Gasteiger partial charge in [-0.05, 0) is 54.3 Å². The summed E-state index contributed by atoms with van der Waals surface area (Å²) in [4.78, 5) is 15.6. The van der Waals surface area contributed by atoms with Gasteiger partial charge in [0.15, 0.2) is 0 Å². The maximum Gasteiger partial charge on any atom is 0.252 e. The van der Waals surface area contributed by atoms with E-state index in [0.29, 0.717) is 12.1 Å². The fourth-order valence-corrected chi connectivity index (χ4v) is 3.93. The third kappa shape index (κ3) is 5.46. The summed E-state index contributed by atoms with van der Waals surface area (Å²) in [6.45, 7) is 3.88. The van der Waals surface area contributed by atoms with Gasteiger partial charge in [0, 0.05) is 18.7 Å². The lowest BCUT2D eigenvalue weighted by Crippen LogP contribution is -2.24. The van der Waals surface area contributed by atoms with Crippen LogP contribution < -0.4 is 5.32 Å². The predicted molar refractivity (Wildman–Crippen MR) is 124 cm³/mol. The third-order valence-corrected chi connectivity index (χ3v) is 5.49. The maximum absolute atomic E-state index is 13.1. The van der Waals surface area contributed by atoms with Crippen LogP contribution in [0.3, 0.4) is 0 Å². The second-order valence-corrected chi connectivity index (χ2v) is 7.82. The summed E-state index contributed by atoms with van der Waals surface area (Å²) < 4.78 is 0. The molecule has 1 fully saturated rings. The van der Waals surface area contributed by atoms with Crippen molar-refractivity contribution in [1.29, 1.82) is 0 Å². The van der Waals surface area contributed by atoms with E-state index in [1.807, 2.05) is 66.7 Å². The molecule has 1 heterocycles. The van der Waals surface area contributed by atoms with E-state index in [9.17, 15) is 4.79 Å². The zero-order valence-electron chi connectivity index (χ0n) is 17.3. The van der Waals surface area contributed by atoms with Gasteiger partial charge in [-0.25, -0.2) is 0 Å². The van der Waals surface area contributed by atoms with E-state index < -0.39 is 0 Å². The second-order valence-electron chi connectivity index (χ2n) is 7.82. The van der Waals surface area contributed by atoms with Crippen LogP contribution in [0, 0.1) is 0 Å². The molecule has 0 radical (unpaired) electrons. The highest BCUT2D eigenvalue weighted by molar-refractivity contribution is 6.24. The van der Waals surface area contributed by atoms with Crippen molar-refractivity contribution in [2.75, 3.05) is 13.1 Å². The highest BCUT2D eigenvalue weighted by Gasteiger charge is 2.13. The summed E-state index contributed by atoms with van der Waals surface area (Å²) in [5, 5.41) is 3.12. The zero-order valence-corrected chi connectivity index (χ0v) is 17.3. The molecule has 1 aliphatic heterocycles. The largest absolute Gasteiger partial charge is 0.348 e. The smallest absolute Gasteiger partial charge is 0.252 e. The van der Waals surface area contributed by atoms with Crippen LogP contribution in [-0.2, 0) is 17.9 Å². The summed E-state index contributed by atoms with van der Waals surface area (Å²) in [6, 6.07) is 28.4. The van der Waals surface area contributed by atoms with E-state index in [-0.39, 0.29) is 5.91 Å². The van der Waals surface area contributed by atoms with E-state index in [0.717, 1.165) is 23.2 Å². The first kappa shape index (κ1) is 20.1. The molecule has 3 aromatic carbocycles. The molecule has 0 bridgehead atoms. The molecule has 0 spiro atoms. The van der Waals surface area contributed by atoms with Crippen LogP contribution in [0.25, 0.3) is 11.6 Å². The monoisotopic (exact) mass is 396 g/mol. The van der Waals surface area contributed by atoms with Gasteiger partial charge in [0.25, 0.3) is 5.91 Å². The summed E-state index contributed by atoms with van der Waals surface area (Å²) in [6.07, 6.45) is 4.55. The van der Waals surface area contributed by atoms with Gasteiger partial charge in [0.05, 0.1) is 0 Å². The number of amides is 1. The van der Waals surface area contributed by atoms with Gasteiger partial charge in [0.1, 0.15) is 0 Å². The minimum absolute atomic E-state index is 0.0602. The highest BCUT2D eigenvalue weighted by Crippen LogP contribution is 2.19. The van der Waals surface area contributed by atoms with E-state index in [2.05, 4.69) is 34.5 Å². The van der Waals surface area contributed by atoms with E-state index >= 15 is 0 Å². The Balaban J connectivity index is 1.47. The number of carbonyl (C=O) groups excluding carboxylic acids is 1. The fourth-order valence-electron chi connectivity index (χ4n) is 3.93. The van der Waals surface area contributed by atoms with E-state index in [4.69, 9.17) is 0 Å². The molecule has 1 aliphatic rings. The molecule has 0 aromatic heterocycles. The fraction of sp³-hybridized carbons (Fsp3) is 0.222. The van der Waals surface area contributed by atoms with Crippen LogP contribution in [0.2, 0.25) is 0 Å². The molecule has 1 amide bonds. The lowest BCUT2D eigenvalue weighted by Gasteiger charge is -2.15. The molecule has 0 saturated carbocycles. The molecule has 1 N–H and O–H groups in total. The molecule has 3 nitrogen and oxygen atoms in total. The number of rotatable bonds is 7. The number of nitrogens with zero attached hydrogens (tertiary/aromatic N) is 1. The van der Waals surface area contributed by atoms with Crippen molar-refractivity contribution in [3.63, 3.8) is 0 Å². The molecule has 0 atom stereocenters. The van der Waals surface area contributed by atoms with Crippen LogP contribution in [0.1, 0.15) is 35.1 Å². The number of likely N-dealkylation sites (tertiary alicyclic amines) is 1. The Bertz CT molecular complexity index is 990. The summed E-state index contributed by atoms with van der Waals surface area (Å²) in [5.41, 5.74) is 5.05. The summed E-state index contributed by atoms with van der Waals surface area (Å²) in [5.74, 6) is -0.0602. The van der Waals surface area contributed by atoms with Gasteiger partial charge >= 0.3 is 0 Å². The normalized spacial score (nSPS) is 14.6. The second kappa shape index (κ2) is 10.0. The zero-order chi connectivity index (χ0) is 20.6. The first-order chi connectivity index (χ1) is 14.8. The summed E-state index contributed by atoms with van der Waals surface area (Å²) >= 11 is 0. The Hall–Kier alpha value is -3.17. The molecular formula is C27H28N2O. The number of hydrogen-bond acceptors (Lipinski definition) is 2. The third-order valence-electron chi connectivity index (χ3n) is 5.49. The number of hydrogen-bond donors (Lipinski definition) is 1. The average molecular weight is 397 g/mol. The van der Waals surface area contributed by atoms with Crippen LogP contribution in [0.5, 0.6) is 0 Å². The van der Waals surface area contributed by atoms with Gasteiger partial charge in [-0.1, -0.05) is 84.9 Å². The van der Waals surface area contributed by atoms with Crippen molar-refractivity contribution < 1.29 is 4.79 Å². The van der Waals surface area contributed by atoms with Crippen LogP contribution in [-0.4, -0.2) is 23.9 Å². The number of benzene rings is 3. The molecule has 1 saturated heterocycles. The van der Waals surface area contributed by atoms with Crippen molar-refractivity contribution in [1.82, 2.24) is 10.2 Å². The van der Waals surface area contributed by atoms with E-state index in [1.165, 1.54) is 31.5 Å². The molecule has 4 rings (SSSR count). The van der Waals surface area contributed by atoms with Crippen molar-refractivity contribution >= 4 is 17.6 Å². The van der Waals surface area contributed by atoms with E-state index in [1.54, 1.807) is 0 Å². The quantitative estimate of drug-likeness (QED) is 0.443. The maximum atomic E-state index is 13.1. The minimum atomic E-state index is -0.0602. The Kier molecular flexibility index (Phi) is 6.73. The van der Waals surface area contributed by atoms with Gasteiger partial charge in [-0.3, -0.25) is 9.69 Å². The molecule has 0 aliphatic carbocycles. The lowest BCUT2D eigenvalue weighted by atomic mass is 10.0. The first-order valence-electron chi connectivity index (χ1n) is 10.7. The highest BCUT2D eigenvalue weighted by atomic mass is 16.1. The molecule has 0 unspecified atom stereocenters. The van der Waals surface area contributed by atoms with Crippen LogP contribution in [0.4, 0.5) is 0 Å². The average Bonchev–Trinajstić information content (AvgIpc) is 3.30. The van der Waals surface area contributed by atoms with Gasteiger partial charge in [0.2, 0.25) is 0 Å². The Labute approximate surface area is 179 Å². The Morgan fingerprint density at radius 3 is 2.23 bits per heavy atom. The van der Waals surface area contributed by atoms with Crippen molar-refractivity contribution in [3.8, 4) is 0 Å². The summed E-state index contributed by atoms with van der Waals surface area (Å²) in [7, 11) is 0. The standard InChI is InChI=1S/C27H28N2O/c30-27(26(25-14-5-2-6-15-25)19-22-10-3-1-4-11-22)28-20-23-12-9-13-24(18-23)21-29-16-7-8-17-29/h1-6,9-15,18-19H,7-8,16-17,20-21H2,(H,28,30)/b26-19+. The van der Waals surface area contributed by atoms with Crippen molar-refractivity contribution in [2.45, 2.75) is 25.9 Å². The van der Waals surface area contributed by atoms with Crippen molar-refractivity contribution in [2.24, 2.45) is 0 Å². The Morgan fingerprint density at radius 1 is 0.833 bits per heavy atom. The van der Waals surface area contributed by atoms with Gasteiger partial charge in [-0.2, -0.15) is 0 Å². The molecule has 3 heteroatoms. The SMILES string of the molecule is O=C(NCc1cccc(CN2CCCC2)c1)/C(=C/c1ccccc1)c1ccccc1. The first-order valence-corrected chi connectivity index (χ1v) is 10.7. The minimum Gasteiger partial charge on any atom is -0.348 e. The van der Waals surface area contributed by atoms with Gasteiger partial charge in [-0.15, -0.1) is 0 Å².